The fraction of sp³-hybridized carbons (Fsp3) is 0.200. The van der Waals surface area contributed by atoms with E-state index in [0.29, 0.717) is 16.8 Å². The van der Waals surface area contributed by atoms with Gasteiger partial charge >= 0.3 is 0 Å². The first kappa shape index (κ1) is 14.6. The van der Waals surface area contributed by atoms with E-state index in [4.69, 9.17) is 0 Å². The van der Waals surface area contributed by atoms with Gasteiger partial charge in [-0.25, -0.2) is 0 Å². The Morgan fingerprint density at radius 2 is 1.90 bits per heavy atom. The average Bonchev–Trinajstić information content (AvgIpc) is 2.41. The van der Waals surface area contributed by atoms with E-state index in [1.807, 2.05) is 6.92 Å². The maximum Gasteiger partial charge on any atom is 0.272 e. The van der Waals surface area contributed by atoms with Gasteiger partial charge in [-0.1, -0.05) is 0 Å². The highest BCUT2D eigenvalue weighted by atomic mass is 16.6. The van der Waals surface area contributed by atoms with Crippen molar-refractivity contribution in [2.24, 2.45) is 0 Å². The van der Waals surface area contributed by atoms with Crippen LogP contribution >= 0.6 is 0 Å². The third-order valence-corrected chi connectivity index (χ3v) is 3.25. The first-order valence-electron chi connectivity index (χ1n) is 6.42. The van der Waals surface area contributed by atoms with Gasteiger partial charge in [-0.15, -0.1) is 0 Å². The van der Waals surface area contributed by atoms with Crippen molar-refractivity contribution < 1.29 is 15.1 Å². The lowest BCUT2D eigenvalue weighted by atomic mass is 10.1. The lowest BCUT2D eigenvalue weighted by Crippen LogP contribution is -2.07. The van der Waals surface area contributed by atoms with Crippen LogP contribution in [0.1, 0.15) is 24.1 Å². The van der Waals surface area contributed by atoms with E-state index in [2.05, 4.69) is 5.32 Å². The van der Waals surface area contributed by atoms with Crippen LogP contribution in [0.2, 0.25) is 0 Å². The maximum absolute atomic E-state index is 10.8. The molecule has 2 aromatic carbocycles. The van der Waals surface area contributed by atoms with Crippen molar-refractivity contribution in [1.82, 2.24) is 0 Å². The van der Waals surface area contributed by atoms with Gasteiger partial charge in [0.05, 0.1) is 11.0 Å². The van der Waals surface area contributed by atoms with Crippen molar-refractivity contribution >= 4 is 11.4 Å². The highest BCUT2D eigenvalue weighted by molar-refractivity contribution is 5.55. The Labute approximate surface area is 121 Å². The molecule has 3 N–H and O–H groups in total. The summed E-state index contributed by atoms with van der Waals surface area (Å²) in [6, 6.07) is 8.76. The van der Waals surface area contributed by atoms with Crippen LogP contribution in [0.5, 0.6) is 11.5 Å². The Balaban J connectivity index is 2.23. The monoisotopic (exact) mass is 288 g/mol. The minimum Gasteiger partial charge on any atom is -0.508 e. The Hall–Kier alpha value is -2.76. The van der Waals surface area contributed by atoms with Crippen LogP contribution in [0.4, 0.5) is 11.4 Å². The van der Waals surface area contributed by atoms with Gasteiger partial charge in [0.1, 0.15) is 11.5 Å². The minimum absolute atomic E-state index is 0.0633. The van der Waals surface area contributed by atoms with E-state index in [0.717, 1.165) is 0 Å². The summed E-state index contributed by atoms with van der Waals surface area (Å²) in [7, 11) is 0. The predicted octanol–water partition coefficient (Wildman–Crippen LogP) is 3.49. The fourth-order valence-electron chi connectivity index (χ4n) is 2.17. The number of rotatable bonds is 4. The molecule has 110 valence electrons. The topological polar surface area (TPSA) is 95.6 Å². The summed E-state index contributed by atoms with van der Waals surface area (Å²) < 4.78 is 0. The summed E-state index contributed by atoms with van der Waals surface area (Å²) >= 11 is 0. The number of hydrogen-bond acceptors (Lipinski definition) is 5. The standard InChI is InChI=1S/C15H16N2O4/c1-9-7-11(3-5-14(9)17(20)21)16-10(2)13-8-12(18)4-6-15(13)19/h3-8,10,16,18-19H,1-2H3. The molecule has 1 atom stereocenters. The summed E-state index contributed by atoms with van der Waals surface area (Å²) in [5.41, 5.74) is 1.87. The number of nitrogens with zero attached hydrogens (tertiary/aromatic N) is 1. The zero-order valence-corrected chi connectivity index (χ0v) is 11.7. The number of nitro groups is 1. The molecule has 0 saturated carbocycles. The van der Waals surface area contributed by atoms with Gasteiger partial charge in [-0.05, 0) is 44.2 Å². The maximum atomic E-state index is 10.8. The molecule has 0 bridgehead atoms. The van der Waals surface area contributed by atoms with Crippen LogP contribution in [0.3, 0.4) is 0 Å². The molecule has 0 fully saturated rings. The van der Waals surface area contributed by atoms with E-state index in [-0.39, 0.29) is 23.2 Å². The van der Waals surface area contributed by atoms with Crippen molar-refractivity contribution in [3.8, 4) is 11.5 Å². The van der Waals surface area contributed by atoms with Crippen molar-refractivity contribution in [2.45, 2.75) is 19.9 Å². The molecule has 0 aliphatic carbocycles. The molecular weight excluding hydrogens is 272 g/mol. The van der Waals surface area contributed by atoms with Crippen LogP contribution < -0.4 is 5.32 Å². The van der Waals surface area contributed by atoms with Gasteiger partial charge in [0.25, 0.3) is 5.69 Å². The number of nitrogens with one attached hydrogen (secondary N) is 1. The first-order valence-corrected chi connectivity index (χ1v) is 6.42. The summed E-state index contributed by atoms with van der Waals surface area (Å²) in [4.78, 5) is 10.4. The van der Waals surface area contributed by atoms with Gasteiger partial charge in [0, 0.05) is 22.9 Å². The molecule has 2 rings (SSSR count). The normalized spacial score (nSPS) is 11.9. The van der Waals surface area contributed by atoms with Gasteiger partial charge in [0.15, 0.2) is 0 Å². The molecule has 0 saturated heterocycles. The SMILES string of the molecule is Cc1cc(NC(C)c2cc(O)ccc2O)ccc1[N+](=O)[O-]. The highest BCUT2D eigenvalue weighted by Crippen LogP contribution is 2.31. The molecule has 0 radical (unpaired) electrons. The molecule has 0 spiro atoms. The third kappa shape index (κ3) is 3.22. The van der Waals surface area contributed by atoms with E-state index >= 15 is 0 Å². The summed E-state index contributed by atoms with van der Waals surface area (Å²) in [6.45, 7) is 3.49. The number of aryl methyl sites for hydroxylation is 1. The zero-order valence-electron chi connectivity index (χ0n) is 11.7. The molecule has 6 nitrogen and oxygen atoms in total. The zero-order chi connectivity index (χ0) is 15.6. The number of phenolic OH excluding ortho intramolecular Hbond substituents is 2. The fourth-order valence-corrected chi connectivity index (χ4v) is 2.17. The molecule has 0 aliphatic heterocycles. The summed E-state index contributed by atoms with van der Waals surface area (Å²) in [5, 5.41) is 33.2. The van der Waals surface area contributed by atoms with E-state index < -0.39 is 4.92 Å². The second kappa shape index (κ2) is 5.70. The molecule has 0 aromatic heterocycles. The molecule has 1 unspecified atom stereocenters. The Kier molecular flexibility index (Phi) is 3.98. The largest absolute Gasteiger partial charge is 0.508 e. The summed E-state index contributed by atoms with van der Waals surface area (Å²) in [6.07, 6.45) is 0. The van der Waals surface area contributed by atoms with Crippen molar-refractivity contribution in [3.63, 3.8) is 0 Å². The molecule has 0 amide bonds. The lowest BCUT2D eigenvalue weighted by Gasteiger charge is -2.17. The molecule has 0 heterocycles. The average molecular weight is 288 g/mol. The smallest absolute Gasteiger partial charge is 0.272 e. The Bertz CT molecular complexity index is 685. The third-order valence-electron chi connectivity index (χ3n) is 3.25. The molecular formula is C15H16N2O4. The Morgan fingerprint density at radius 3 is 2.52 bits per heavy atom. The lowest BCUT2D eigenvalue weighted by molar-refractivity contribution is -0.385. The van der Waals surface area contributed by atoms with Crippen molar-refractivity contribution in [1.29, 1.82) is 0 Å². The number of nitro benzene ring substituents is 1. The Morgan fingerprint density at radius 1 is 1.19 bits per heavy atom. The van der Waals surface area contributed by atoms with E-state index in [1.165, 1.54) is 24.3 Å². The summed E-state index contributed by atoms with van der Waals surface area (Å²) in [5.74, 6) is 0.141. The number of aromatic hydroxyl groups is 2. The number of benzene rings is 2. The molecule has 0 aliphatic rings. The van der Waals surface area contributed by atoms with Gasteiger partial charge < -0.3 is 15.5 Å². The van der Waals surface area contributed by atoms with Crippen molar-refractivity contribution in [3.05, 3.63) is 57.6 Å². The second-order valence-corrected chi connectivity index (χ2v) is 4.87. The van der Waals surface area contributed by atoms with E-state index in [9.17, 15) is 20.3 Å². The van der Waals surface area contributed by atoms with Gasteiger partial charge in [-0.2, -0.15) is 0 Å². The number of anilines is 1. The predicted molar refractivity (Wildman–Crippen MR) is 79.6 cm³/mol. The molecule has 6 heteroatoms. The van der Waals surface area contributed by atoms with Crippen LogP contribution in [0, 0.1) is 17.0 Å². The quantitative estimate of drug-likeness (QED) is 0.454. The molecule has 21 heavy (non-hydrogen) atoms. The number of phenols is 2. The van der Waals surface area contributed by atoms with Crippen LogP contribution in [0.15, 0.2) is 36.4 Å². The second-order valence-electron chi connectivity index (χ2n) is 4.87. The van der Waals surface area contributed by atoms with E-state index in [1.54, 1.807) is 19.1 Å². The van der Waals surface area contributed by atoms with Gasteiger partial charge in [-0.3, -0.25) is 10.1 Å². The van der Waals surface area contributed by atoms with Crippen LogP contribution in [-0.4, -0.2) is 15.1 Å². The first-order chi connectivity index (χ1) is 9.88. The van der Waals surface area contributed by atoms with Crippen molar-refractivity contribution in [2.75, 3.05) is 5.32 Å². The van der Waals surface area contributed by atoms with Crippen LogP contribution in [0.25, 0.3) is 0 Å². The van der Waals surface area contributed by atoms with Gasteiger partial charge in [0.2, 0.25) is 0 Å². The number of hydrogen-bond donors (Lipinski definition) is 3. The van der Waals surface area contributed by atoms with Crippen LogP contribution in [-0.2, 0) is 0 Å². The molecule has 2 aromatic rings. The minimum atomic E-state index is -0.427. The highest BCUT2D eigenvalue weighted by Gasteiger charge is 2.14.